The SMILES string of the molecule is CC[C@H](CC(=O)NCC1CCCC(C(=O)O)C1)NC(=O)OCC1c2ccccc2-c2ccccc21. The third kappa shape index (κ3) is 6.02. The molecule has 3 atom stereocenters. The monoisotopic (exact) mass is 478 g/mol. The summed E-state index contributed by atoms with van der Waals surface area (Å²) < 4.78 is 5.61. The van der Waals surface area contributed by atoms with Crippen molar-refractivity contribution in [3.8, 4) is 11.1 Å². The highest BCUT2D eigenvalue weighted by molar-refractivity contribution is 5.79. The lowest BCUT2D eigenvalue weighted by atomic mass is 9.81. The smallest absolute Gasteiger partial charge is 0.407 e. The Kier molecular flexibility index (Phi) is 8.06. The summed E-state index contributed by atoms with van der Waals surface area (Å²) in [6, 6.07) is 16.0. The number of hydrogen-bond acceptors (Lipinski definition) is 4. The average molecular weight is 479 g/mol. The summed E-state index contributed by atoms with van der Waals surface area (Å²) in [7, 11) is 0. The van der Waals surface area contributed by atoms with E-state index in [1.807, 2.05) is 31.2 Å². The highest BCUT2D eigenvalue weighted by Crippen LogP contribution is 2.44. The average Bonchev–Trinajstić information content (AvgIpc) is 3.19. The van der Waals surface area contributed by atoms with Gasteiger partial charge >= 0.3 is 12.1 Å². The number of carbonyl (C=O) groups excluding carboxylic acids is 2. The third-order valence-corrected chi connectivity index (χ3v) is 7.31. The van der Waals surface area contributed by atoms with E-state index < -0.39 is 12.1 Å². The van der Waals surface area contributed by atoms with E-state index in [2.05, 4.69) is 34.9 Å². The van der Waals surface area contributed by atoms with Crippen molar-refractivity contribution in [2.45, 2.75) is 57.4 Å². The van der Waals surface area contributed by atoms with Gasteiger partial charge in [0.1, 0.15) is 6.61 Å². The Morgan fingerprint density at radius 3 is 2.31 bits per heavy atom. The third-order valence-electron chi connectivity index (χ3n) is 7.31. The Morgan fingerprint density at radius 2 is 1.69 bits per heavy atom. The molecule has 4 rings (SSSR count). The first-order valence-corrected chi connectivity index (χ1v) is 12.6. The van der Waals surface area contributed by atoms with Gasteiger partial charge < -0.3 is 20.5 Å². The molecule has 186 valence electrons. The zero-order valence-corrected chi connectivity index (χ0v) is 20.2. The molecule has 0 aromatic heterocycles. The number of rotatable bonds is 9. The van der Waals surface area contributed by atoms with E-state index in [4.69, 9.17) is 4.74 Å². The van der Waals surface area contributed by atoms with Crippen molar-refractivity contribution in [1.82, 2.24) is 10.6 Å². The van der Waals surface area contributed by atoms with Crippen LogP contribution >= 0.6 is 0 Å². The van der Waals surface area contributed by atoms with Crippen LogP contribution in [0.5, 0.6) is 0 Å². The molecule has 2 aliphatic carbocycles. The van der Waals surface area contributed by atoms with Crippen molar-refractivity contribution < 1.29 is 24.2 Å². The first-order chi connectivity index (χ1) is 17.0. The number of amides is 2. The van der Waals surface area contributed by atoms with Crippen LogP contribution in [0.15, 0.2) is 48.5 Å². The summed E-state index contributed by atoms with van der Waals surface area (Å²) in [6.45, 7) is 2.62. The largest absolute Gasteiger partial charge is 0.481 e. The van der Waals surface area contributed by atoms with Crippen molar-refractivity contribution in [1.29, 1.82) is 0 Å². The molecule has 0 bridgehead atoms. The zero-order chi connectivity index (χ0) is 24.8. The minimum atomic E-state index is -0.751. The Balaban J connectivity index is 1.25. The van der Waals surface area contributed by atoms with Crippen molar-refractivity contribution in [3.05, 3.63) is 59.7 Å². The summed E-state index contributed by atoms with van der Waals surface area (Å²) in [6.07, 6.45) is 3.35. The van der Waals surface area contributed by atoms with Gasteiger partial charge in [-0.15, -0.1) is 0 Å². The lowest BCUT2D eigenvalue weighted by Gasteiger charge is -2.27. The van der Waals surface area contributed by atoms with Crippen molar-refractivity contribution in [3.63, 3.8) is 0 Å². The zero-order valence-electron chi connectivity index (χ0n) is 20.2. The first-order valence-electron chi connectivity index (χ1n) is 12.6. The fraction of sp³-hybridized carbons (Fsp3) is 0.464. The molecule has 2 aromatic carbocycles. The molecule has 0 saturated heterocycles. The molecule has 2 unspecified atom stereocenters. The van der Waals surface area contributed by atoms with Crippen LogP contribution < -0.4 is 10.6 Å². The van der Waals surface area contributed by atoms with Gasteiger partial charge in [0.25, 0.3) is 0 Å². The molecule has 0 spiro atoms. The fourth-order valence-electron chi connectivity index (χ4n) is 5.36. The van der Waals surface area contributed by atoms with Crippen LogP contribution in [0.2, 0.25) is 0 Å². The molecule has 1 fully saturated rings. The number of ether oxygens (including phenoxy) is 1. The predicted molar refractivity (Wildman–Crippen MR) is 133 cm³/mol. The number of hydrogen-bond donors (Lipinski definition) is 3. The van der Waals surface area contributed by atoms with Crippen LogP contribution in [0.1, 0.15) is 62.5 Å². The van der Waals surface area contributed by atoms with Crippen LogP contribution in [-0.4, -0.2) is 42.3 Å². The minimum Gasteiger partial charge on any atom is -0.481 e. The number of nitrogens with one attached hydrogen (secondary N) is 2. The van der Waals surface area contributed by atoms with E-state index in [0.29, 0.717) is 25.8 Å². The molecule has 2 amide bonds. The summed E-state index contributed by atoms with van der Waals surface area (Å²) in [5.74, 6) is -1.04. The Hall–Kier alpha value is -3.35. The lowest BCUT2D eigenvalue weighted by molar-refractivity contribution is -0.143. The molecule has 2 aliphatic rings. The highest BCUT2D eigenvalue weighted by Gasteiger charge is 2.30. The van der Waals surface area contributed by atoms with Gasteiger partial charge in [0.05, 0.1) is 5.92 Å². The molecule has 0 radical (unpaired) electrons. The maximum Gasteiger partial charge on any atom is 0.407 e. The van der Waals surface area contributed by atoms with Crippen molar-refractivity contribution in [2.75, 3.05) is 13.2 Å². The first kappa shape index (κ1) is 24.8. The second-order valence-corrected chi connectivity index (χ2v) is 9.65. The Bertz CT molecular complexity index is 1020. The summed E-state index contributed by atoms with van der Waals surface area (Å²) >= 11 is 0. The Morgan fingerprint density at radius 1 is 1.03 bits per heavy atom. The molecule has 0 heterocycles. The molecule has 3 N–H and O–H groups in total. The van der Waals surface area contributed by atoms with E-state index in [1.54, 1.807) is 0 Å². The molecule has 1 saturated carbocycles. The number of fused-ring (bicyclic) bond motifs is 3. The number of carboxylic acid groups (broad SMARTS) is 1. The number of aliphatic carboxylic acids is 1. The molecule has 35 heavy (non-hydrogen) atoms. The van der Waals surface area contributed by atoms with E-state index in [-0.39, 0.29) is 42.7 Å². The van der Waals surface area contributed by atoms with Crippen molar-refractivity contribution >= 4 is 18.0 Å². The molecule has 0 aliphatic heterocycles. The lowest BCUT2D eigenvalue weighted by Crippen LogP contribution is -2.40. The molecule has 2 aromatic rings. The normalized spacial score (nSPS) is 19.8. The maximum absolute atomic E-state index is 12.6. The van der Waals surface area contributed by atoms with Crippen molar-refractivity contribution in [2.24, 2.45) is 11.8 Å². The van der Waals surface area contributed by atoms with Gasteiger partial charge in [-0.05, 0) is 53.9 Å². The molecular formula is C28H34N2O5. The van der Waals surface area contributed by atoms with Crippen LogP contribution in [-0.2, 0) is 14.3 Å². The second-order valence-electron chi connectivity index (χ2n) is 9.65. The van der Waals surface area contributed by atoms with Gasteiger partial charge in [-0.1, -0.05) is 61.9 Å². The van der Waals surface area contributed by atoms with Crippen LogP contribution in [0.4, 0.5) is 4.79 Å². The van der Waals surface area contributed by atoms with Crippen LogP contribution in [0.25, 0.3) is 11.1 Å². The van der Waals surface area contributed by atoms with Crippen LogP contribution in [0.3, 0.4) is 0 Å². The van der Waals surface area contributed by atoms with Gasteiger partial charge in [-0.2, -0.15) is 0 Å². The van der Waals surface area contributed by atoms with Gasteiger partial charge in [-0.3, -0.25) is 9.59 Å². The second kappa shape index (κ2) is 11.4. The van der Waals surface area contributed by atoms with Gasteiger partial charge in [0, 0.05) is 24.9 Å². The number of alkyl carbamates (subject to hydrolysis) is 1. The quantitative estimate of drug-likeness (QED) is 0.485. The van der Waals surface area contributed by atoms with Gasteiger partial charge in [-0.25, -0.2) is 4.79 Å². The summed E-state index contributed by atoms with van der Waals surface area (Å²) in [5.41, 5.74) is 4.65. The molecule has 7 heteroatoms. The predicted octanol–water partition coefficient (Wildman–Crippen LogP) is 4.70. The maximum atomic E-state index is 12.6. The fourth-order valence-corrected chi connectivity index (χ4v) is 5.36. The molecular weight excluding hydrogens is 444 g/mol. The van der Waals surface area contributed by atoms with E-state index in [0.717, 1.165) is 24.0 Å². The van der Waals surface area contributed by atoms with Gasteiger partial charge in [0.2, 0.25) is 5.91 Å². The van der Waals surface area contributed by atoms with Crippen LogP contribution in [0, 0.1) is 11.8 Å². The number of carboxylic acids is 1. The number of carbonyl (C=O) groups is 3. The van der Waals surface area contributed by atoms with E-state index in [9.17, 15) is 19.5 Å². The number of benzene rings is 2. The Labute approximate surface area is 206 Å². The standard InChI is InChI=1S/C28H34N2O5/c1-2-20(15-26(31)29-16-18-8-7-9-19(14-18)27(32)33)30-28(34)35-17-25-23-12-5-3-10-21(23)22-11-4-6-13-24(22)25/h3-6,10-13,18-20,25H,2,7-9,14-17H2,1H3,(H,29,31)(H,30,34)(H,32,33)/t18?,19?,20-/m1/s1. The van der Waals surface area contributed by atoms with E-state index in [1.165, 1.54) is 11.1 Å². The summed E-state index contributed by atoms with van der Waals surface area (Å²) in [5, 5.41) is 15.0. The minimum absolute atomic E-state index is 0.0124. The highest BCUT2D eigenvalue weighted by atomic mass is 16.5. The topological polar surface area (TPSA) is 105 Å². The molecule has 7 nitrogen and oxygen atoms in total. The van der Waals surface area contributed by atoms with E-state index >= 15 is 0 Å². The van der Waals surface area contributed by atoms with Gasteiger partial charge in [0.15, 0.2) is 0 Å². The summed E-state index contributed by atoms with van der Waals surface area (Å²) in [4.78, 5) is 36.3.